The van der Waals surface area contributed by atoms with Crippen molar-refractivity contribution in [3.05, 3.63) is 29.8 Å². The maximum atomic E-state index is 12.7. The van der Waals surface area contributed by atoms with E-state index in [1.54, 1.807) is 0 Å². The van der Waals surface area contributed by atoms with E-state index >= 15 is 0 Å². The molecule has 124 valence electrons. The first-order valence-corrected chi connectivity index (χ1v) is 9.71. The van der Waals surface area contributed by atoms with Gasteiger partial charge in [0, 0.05) is 5.54 Å². The minimum absolute atomic E-state index is 0.0961. The van der Waals surface area contributed by atoms with Crippen LogP contribution in [0.1, 0.15) is 48.9 Å². The van der Waals surface area contributed by atoms with Gasteiger partial charge in [0.25, 0.3) is 0 Å². The van der Waals surface area contributed by atoms with Gasteiger partial charge in [0.2, 0.25) is 10.0 Å². The number of carbonyl (C=O) groups is 1. The highest BCUT2D eigenvalue weighted by atomic mass is 32.2. The first-order valence-electron chi connectivity index (χ1n) is 8.23. The van der Waals surface area contributed by atoms with E-state index in [0.717, 1.165) is 19.3 Å². The van der Waals surface area contributed by atoms with Crippen LogP contribution in [0.2, 0.25) is 0 Å². The summed E-state index contributed by atoms with van der Waals surface area (Å²) in [7, 11) is -3.61. The predicted molar refractivity (Wildman–Crippen MR) is 84.6 cm³/mol. The van der Waals surface area contributed by atoms with Gasteiger partial charge in [-0.15, -0.1) is 0 Å². The molecule has 0 atom stereocenters. The number of rotatable bonds is 4. The number of hydrogen-bond acceptors (Lipinski definition) is 3. The predicted octanol–water partition coefficient (Wildman–Crippen LogP) is 2.63. The summed E-state index contributed by atoms with van der Waals surface area (Å²) in [5, 5.41) is 8.92. The van der Waals surface area contributed by atoms with Crippen LogP contribution in [-0.2, 0) is 10.0 Å². The smallest absolute Gasteiger partial charge is 0.335 e. The van der Waals surface area contributed by atoms with Crippen molar-refractivity contribution in [2.45, 2.75) is 49.0 Å². The molecule has 23 heavy (non-hydrogen) atoms. The quantitative estimate of drug-likeness (QED) is 0.886. The maximum Gasteiger partial charge on any atom is 0.335 e. The summed E-state index contributed by atoms with van der Waals surface area (Å²) >= 11 is 0. The number of benzene rings is 1. The fourth-order valence-electron chi connectivity index (χ4n) is 5.36. The van der Waals surface area contributed by atoms with Gasteiger partial charge in [-0.1, -0.05) is 0 Å². The van der Waals surface area contributed by atoms with Crippen molar-refractivity contribution in [2.75, 3.05) is 0 Å². The normalized spacial score (nSPS) is 35.4. The van der Waals surface area contributed by atoms with Crippen LogP contribution in [0.25, 0.3) is 0 Å². The summed E-state index contributed by atoms with van der Waals surface area (Å²) in [4.78, 5) is 11.0. The van der Waals surface area contributed by atoms with Crippen molar-refractivity contribution in [1.82, 2.24) is 4.72 Å². The SMILES string of the molecule is O=C(O)c1ccc(S(=O)(=O)NC23CC4CC(CC(C4)C2)C3)cc1. The van der Waals surface area contributed by atoms with Crippen molar-refractivity contribution in [3.8, 4) is 0 Å². The topological polar surface area (TPSA) is 83.5 Å². The monoisotopic (exact) mass is 335 g/mol. The molecular weight excluding hydrogens is 314 g/mol. The van der Waals surface area contributed by atoms with Crippen LogP contribution in [0.3, 0.4) is 0 Å². The largest absolute Gasteiger partial charge is 0.478 e. The van der Waals surface area contributed by atoms with Crippen molar-refractivity contribution in [2.24, 2.45) is 17.8 Å². The summed E-state index contributed by atoms with van der Waals surface area (Å²) in [5.41, 5.74) is -0.183. The zero-order valence-corrected chi connectivity index (χ0v) is 13.7. The zero-order valence-electron chi connectivity index (χ0n) is 12.9. The van der Waals surface area contributed by atoms with Crippen molar-refractivity contribution in [1.29, 1.82) is 0 Å². The fraction of sp³-hybridized carbons (Fsp3) is 0.588. The first kappa shape index (κ1) is 15.1. The number of sulfonamides is 1. The average molecular weight is 335 g/mol. The van der Waals surface area contributed by atoms with Crippen molar-refractivity contribution in [3.63, 3.8) is 0 Å². The molecule has 5 rings (SSSR count). The standard InChI is InChI=1S/C17H21NO4S/c19-16(20)14-1-3-15(4-2-14)23(21,22)18-17-8-11-5-12(9-17)7-13(6-11)10-17/h1-4,11-13,18H,5-10H2,(H,19,20). The van der Waals surface area contributed by atoms with Gasteiger partial charge in [0.05, 0.1) is 10.5 Å². The minimum Gasteiger partial charge on any atom is -0.478 e. The van der Waals surface area contributed by atoms with Gasteiger partial charge in [0.1, 0.15) is 0 Å². The molecule has 1 aromatic rings. The summed E-state index contributed by atoms with van der Waals surface area (Å²) in [5.74, 6) is 0.943. The van der Waals surface area contributed by atoms with Gasteiger partial charge < -0.3 is 5.11 Å². The van der Waals surface area contributed by atoms with Crippen molar-refractivity contribution < 1.29 is 18.3 Å². The molecule has 6 heteroatoms. The Hall–Kier alpha value is -1.40. The third-order valence-corrected chi connectivity index (χ3v) is 7.40. The van der Waals surface area contributed by atoms with Crippen LogP contribution in [0.5, 0.6) is 0 Å². The van der Waals surface area contributed by atoms with E-state index in [1.807, 2.05) is 0 Å². The molecule has 0 saturated heterocycles. The van der Waals surface area contributed by atoms with Gasteiger partial charge in [0.15, 0.2) is 0 Å². The molecule has 4 aliphatic carbocycles. The average Bonchev–Trinajstić information content (AvgIpc) is 2.44. The van der Waals surface area contributed by atoms with Crippen LogP contribution in [0, 0.1) is 17.8 Å². The molecule has 4 saturated carbocycles. The Kier molecular flexibility index (Phi) is 3.32. The van der Waals surface area contributed by atoms with Crippen LogP contribution in [-0.4, -0.2) is 25.0 Å². The van der Waals surface area contributed by atoms with E-state index in [9.17, 15) is 13.2 Å². The molecule has 0 spiro atoms. The zero-order chi connectivity index (χ0) is 16.2. The second kappa shape index (κ2) is 5.05. The summed E-state index contributed by atoms with van der Waals surface area (Å²) in [6, 6.07) is 5.45. The van der Waals surface area contributed by atoms with Crippen LogP contribution >= 0.6 is 0 Å². The maximum absolute atomic E-state index is 12.7. The summed E-state index contributed by atoms with van der Waals surface area (Å²) < 4.78 is 28.5. The molecule has 0 aliphatic heterocycles. The third-order valence-electron chi connectivity index (χ3n) is 5.80. The number of aromatic carboxylic acids is 1. The van der Waals surface area contributed by atoms with Gasteiger partial charge in [-0.2, -0.15) is 0 Å². The van der Waals surface area contributed by atoms with Gasteiger partial charge in [-0.25, -0.2) is 17.9 Å². The molecule has 0 aromatic heterocycles. The Morgan fingerprint density at radius 3 is 1.91 bits per heavy atom. The Balaban J connectivity index is 1.59. The Morgan fingerprint density at radius 2 is 1.48 bits per heavy atom. The van der Waals surface area contributed by atoms with E-state index in [1.165, 1.54) is 43.5 Å². The van der Waals surface area contributed by atoms with Crippen LogP contribution in [0.4, 0.5) is 0 Å². The number of hydrogen-bond donors (Lipinski definition) is 2. The van der Waals surface area contributed by atoms with Crippen molar-refractivity contribution >= 4 is 16.0 Å². The molecule has 2 N–H and O–H groups in total. The van der Waals surface area contributed by atoms with E-state index in [-0.39, 0.29) is 16.0 Å². The Morgan fingerprint density at radius 1 is 1.00 bits per heavy atom. The Labute approximate surface area is 136 Å². The highest BCUT2D eigenvalue weighted by Gasteiger charge is 2.52. The molecule has 1 aromatic carbocycles. The highest BCUT2D eigenvalue weighted by molar-refractivity contribution is 7.89. The lowest BCUT2D eigenvalue weighted by Gasteiger charge is -2.56. The molecule has 5 nitrogen and oxygen atoms in total. The van der Waals surface area contributed by atoms with Crippen LogP contribution in [0.15, 0.2) is 29.2 Å². The van der Waals surface area contributed by atoms with E-state index < -0.39 is 16.0 Å². The molecule has 0 radical (unpaired) electrons. The summed E-state index contributed by atoms with van der Waals surface area (Å²) in [6.07, 6.45) is 6.62. The lowest BCUT2D eigenvalue weighted by Crippen LogP contribution is -2.59. The van der Waals surface area contributed by atoms with Gasteiger partial charge in [-0.05, 0) is 80.5 Å². The summed E-state index contributed by atoms with van der Waals surface area (Å²) in [6.45, 7) is 0. The number of nitrogens with one attached hydrogen (secondary N) is 1. The van der Waals surface area contributed by atoms with Gasteiger partial charge in [-0.3, -0.25) is 0 Å². The highest BCUT2D eigenvalue weighted by Crippen LogP contribution is 2.55. The molecule has 4 aliphatic rings. The second-order valence-electron chi connectivity index (χ2n) is 7.63. The first-order chi connectivity index (χ1) is 10.9. The minimum atomic E-state index is -3.61. The lowest BCUT2D eigenvalue weighted by atomic mass is 9.53. The molecule has 0 heterocycles. The van der Waals surface area contributed by atoms with Crippen LogP contribution < -0.4 is 4.72 Å². The molecule has 4 bridgehead atoms. The van der Waals surface area contributed by atoms with Gasteiger partial charge >= 0.3 is 5.97 Å². The van der Waals surface area contributed by atoms with E-state index in [2.05, 4.69) is 4.72 Å². The lowest BCUT2D eigenvalue weighted by molar-refractivity contribution is -0.00810. The molecule has 0 unspecified atom stereocenters. The third kappa shape index (κ3) is 2.68. The molecule has 0 amide bonds. The number of carboxylic acid groups (broad SMARTS) is 1. The van der Waals surface area contributed by atoms with E-state index in [4.69, 9.17) is 5.11 Å². The number of carboxylic acids is 1. The fourth-order valence-corrected chi connectivity index (χ4v) is 6.79. The second-order valence-corrected chi connectivity index (χ2v) is 9.32. The Bertz CT molecular complexity index is 703. The molecular formula is C17H21NO4S. The van der Waals surface area contributed by atoms with E-state index in [0.29, 0.717) is 17.8 Å². The molecule has 4 fully saturated rings.